The maximum Gasteiger partial charge on any atom is 0.282 e. The van der Waals surface area contributed by atoms with Crippen LogP contribution in [0.1, 0.15) is 38.5 Å². The maximum atomic E-state index is 12.7. The van der Waals surface area contributed by atoms with E-state index >= 15 is 0 Å². The van der Waals surface area contributed by atoms with Gasteiger partial charge in [0.15, 0.2) is 0 Å². The Balaban J connectivity index is 1.66. The topological polar surface area (TPSA) is 96.0 Å². The minimum Gasteiger partial charge on any atom is -0.379 e. The molecule has 0 aromatic heterocycles. The molecule has 140 valence electrons. The first-order valence-corrected chi connectivity index (χ1v) is 11.7. The van der Waals surface area contributed by atoms with Gasteiger partial charge in [-0.3, -0.25) is 0 Å². The van der Waals surface area contributed by atoms with Crippen molar-refractivity contribution in [2.24, 2.45) is 0 Å². The second kappa shape index (κ2) is 7.55. The standard InChI is InChI=1S/C14H27N3O5S2/c18-23(19,15-13-4-1-2-5-13)14-6-3-7-17(12-14)24(20,21)16-8-10-22-11-9-16/h13-15H,1-12H2. The van der Waals surface area contributed by atoms with Gasteiger partial charge >= 0.3 is 0 Å². The smallest absolute Gasteiger partial charge is 0.282 e. The molecular weight excluding hydrogens is 354 g/mol. The highest BCUT2D eigenvalue weighted by molar-refractivity contribution is 7.90. The first kappa shape index (κ1) is 18.5. The van der Waals surface area contributed by atoms with E-state index in [1.54, 1.807) is 0 Å². The van der Waals surface area contributed by atoms with Crippen LogP contribution in [-0.4, -0.2) is 76.1 Å². The second-order valence-electron chi connectivity index (χ2n) is 6.79. The Bertz CT molecular complexity index is 625. The van der Waals surface area contributed by atoms with Crippen LogP contribution in [-0.2, 0) is 25.0 Å². The van der Waals surface area contributed by atoms with Crippen molar-refractivity contribution in [3.8, 4) is 0 Å². The Morgan fingerprint density at radius 3 is 2.17 bits per heavy atom. The molecule has 0 amide bonds. The van der Waals surface area contributed by atoms with Crippen molar-refractivity contribution < 1.29 is 21.6 Å². The predicted molar refractivity (Wildman–Crippen MR) is 90.2 cm³/mol. The van der Waals surface area contributed by atoms with Crippen molar-refractivity contribution in [3.63, 3.8) is 0 Å². The van der Waals surface area contributed by atoms with Gasteiger partial charge in [-0.25, -0.2) is 13.1 Å². The van der Waals surface area contributed by atoms with Crippen LogP contribution in [0.15, 0.2) is 0 Å². The van der Waals surface area contributed by atoms with Gasteiger partial charge in [-0.1, -0.05) is 12.8 Å². The van der Waals surface area contributed by atoms with Crippen LogP contribution in [0.5, 0.6) is 0 Å². The third-order valence-corrected chi connectivity index (χ3v) is 9.01. The van der Waals surface area contributed by atoms with Crippen molar-refractivity contribution in [2.75, 3.05) is 39.4 Å². The molecule has 3 aliphatic rings. The third-order valence-electron chi connectivity index (χ3n) is 5.09. The fraction of sp³-hybridized carbons (Fsp3) is 1.00. The van der Waals surface area contributed by atoms with E-state index in [1.807, 2.05) is 0 Å². The summed E-state index contributed by atoms with van der Waals surface area (Å²) in [5.41, 5.74) is 0. The first-order valence-electron chi connectivity index (χ1n) is 8.74. The van der Waals surface area contributed by atoms with Gasteiger partial charge in [0.25, 0.3) is 10.2 Å². The zero-order valence-corrected chi connectivity index (χ0v) is 15.5. The number of hydrogen-bond donors (Lipinski definition) is 1. The Hall–Kier alpha value is -0.260. The Morgan fingerprint density at radius 1 is 0.833 bits per heavy atom. The van der Waals surface area contributed by atoms with E-state index in [9.17, 15) is 16.8 Å². The van der Waals surface area contributed by atoms with Crippen LogP contribution >= 0.6 is 0 Å². The van der Waals surface area contributed by atoms with E-state index in [1.165, 1.54) is 8.61 Å². The largest absolute Gasteiger partial charge is 0.379 e. The van der Waals surface area contributed by atoms with Crippen molar-refractivity contribution in [3.05, 3.63) is 0 Å². The number of morpholine rings is 1. The highest BCUT2D eigenvalue weighted by Gasteiger charge is 2.39. The Labute approximate surface area is 144 Å². The SMILES string of the molecule is O=S(=O)(NC1CCCC1)C1CCCN(S(=O)(=O)N2CCOCC2)C1. The van der Waals surface area contributed by atoms with Crippen molar-refractivity contribution in [1.29, 1.82) is 0 Å². The van der Waals surface area contributed by atoms with E-state index < -0.39 is 25.5 Å². The zero-order valence-electron chi connectivity index (χ0n) is 13.9. The van der Waals surface area contributed by atoms with Crippen LogP contribution in [0.3, 0.4) is 0 Å². The first-order chi connectivity index (χ1) is 11.4. The summed E-state index contributed by atoms with van der Waals surface area (Å²) in [6.07, 6.45) is 4.94. The highest BCUT2D eigenvalue weighted by Crippen LogP contribution is 2.24. The number of nitrogens with zero attached hydrogens (tertiary/aromatic N) is 2. The lowest BCUT2D eigenvalue weighted by Crippen LogP contribution is -2.54. The summed E-state index contributed by atoms with van der Waals surface area (Å²) in [7, 11) is -7.10. The molecule has 0 aromatic rings. The lowest BCUT2D eigenvalue weighted by atomic mass is 10.2. The molecule has 0 bridgehead atoms. The van der Waals surface area contributed by atoms with Crippen LogP contribution in [0.2, 0.25) is 0 Å². The number of nitrogens with one attached hydrogen (secondary N) is 1. The van der Waals surface area contributed by atoms with Crippen molar-refractivity contribution in [1.82, 2.24) is 13.3 Å². The zero-order chi connectivity index (χ0) is 17.2. The molecule has 0 radical (unpaired) electrons. The number of hydrogen-bond acceptors (Lipinski definition) is 5. The molecule has 1 aliphatic carbocycles. The number of sulfonamides is 1. The summed E-state index contributed by atoms with van der Waals surface area (Å²) < 4.78 is 61.5. The van der Waals surface area contributed by atoms with Crippen LogP contribution in [0, 0.1) is 0 Å². The molecule has 1 atom stereocenters. The average Bonchev–Trinajstić information content (AvgIpc) is 3.08. The lowest BCUT2D eigenvalue weighted by molar-refractivity contribution is 0.0698. The van der Waals surface area contributed by atoms with Crippen molar-refractivity contribution in [2.45, 2.75) is 49.8 Å². The maximum absolute atomic E-state index is 12.7. The summed E-state index contributed by atoms with van der Waals surface area (Å²) in [6, 6.07) is 0.0150. The number of piperidine rings is 1. The van der Waals surface area contributed by atoms with E-state index in [0.29, 0.717) is 45.7 Å². The summed E-state index contributed by atoms with van der Waals surface area (Å²) in [6.45, 7) is 1.86. The van der Waals surface area contributed by atoms with Gasteiger partial charge in [0.05, 0.1) is 18.5 Å². The molecule has 1 N–H and O–H groups in total. The minimum atomic E-state index is -3.61. The van der Waals surface area contributed by atoms with Crippen LogP contribution < -0.4 is 4.72 Å². The van der Waals surface area contributed by atoms with Gasteiger partial charge < -0.3 is 4.74 Å². The average molecular weight is 382 g/mol. The molecule has 1 saturated carbocycles. The van der Waals surface area contributed by atoms with E-state index in [4.69, 9.17) is 4.74 Å². The Morgan fingerprint density at radius 2 is 1.50 bits per heavy atom. The summed E-state index contributed by atoms with van der Waals surface area (Å²) in [5, 5.41) is -0.664. The van der Waals surface area contributed by atoms with E-state index in [2.05, 4.69) is 4.72 Å². The van der Waals surface area contributed by atoms with Crippen LogP contribution in [0.4, 0.5) is 0 Å². The fourth-order valence-electron chi connectivity index (χ4n) is 3.68. The van der Waals surface area contributed by atoms with Gasteiger partial charge in [-0.2, -0.15) is 17.0 Å². The third kappa shape index (κ3) is 4.10. The molecule has 10 heteroatoms. The molecule has 8 nitrogen and oxygen atoms in total. The van der Waals surface area contributed by atoms with Gasteiger partial charge in [0.1, 0.15) is 0 Å². The molecule has 2 aliphatic heterocycles. The predicted octanol–water partition coefficient (Wildman–Crippen LogP) is -0.110. The monoisotopic (exact) mass is 381 g/mol. The molecule has 3 fully saturated rings. The Kier molecular flexibility index (Phi) is 5.83. The van der Waals surface area contributed by atoms with Gasteiger partial charge in [0, 0.05) is 32.2 Å². The molecular formula is C14H27N3O5S2. The van der Waals surface area contributed by atoms with Gasteiger partial charge in [0.2, 0.25) is 10.0 Å². The molecule has 2 saturated heterocycles. The summed E-state index contributed by atoms with van der Waals surface area (Å²) in [5.74, 6) is 0. The molecule has 0 aromatic carbocycles. The second-order valence-corrected chi connectivity index (χ2v) is 10.7. The van der Waals surface area contributed by atoms with Crippen molar-refractivity contribution >= 4 is 20.2 Å². The summed E-state index contributed by atoms with van der Waals surface area (Å²) >= 11 is 0. The van der Waals surface area contributed by atoms with E-state index in [-0.39, 0.29) is 12.6 Å². The normalized spacial score (nSPS) is 29.1. The number of ether oxygens (including phenoxy) is 1. The molecule has 0 spiro atoms. The summed E-state index contributed by atoms with van der Waals surface area (Å²) in [4.78, 5) is 0. The quantitative estimate of drug-likeness (QED) is 0.717. The molecule has 2 heterocycles. The van der Waals surface area contributed by atoms with Gasteiger partial charge in [-0.05, 0) is 25.7 Å². The molecule has 1 unspecified atom stereocenters. The highest BCUT2D eigenvalue weighted by atomic mass is 32.2. The lowest BCUT2D eigenvalue weighted by Gasteiger charge is -2.36. The van der Waals surface area contributed by atoms with Crippen LogP contribution in [0.25, 0.3) is 0 Å². The molecule has 3 rings (SSSR count). The van der Waals surface area contributed by atoms with Gasteiger partial charge in [-0.15, -0.1) is 0 Å². The minimum absolute atomic E-state index is 0.0150. The molecule has 24 heavy (non-hydrogen) atoms. The fourth-order valence-corrected chi connectivity index (χ4v) is 7.19. The number of rotatable bonds is 5. The van der Waals surface area contributed by atoms with E-state index in [0.717, 1.165) is 25.7 Å².